The number of hydrogen-bond acceptors (Lipinski definition) is 1. The van der Waals surface area contributed by atoms with Crippen molar-refractivity contribution < 1.29 is 0 Å². The fourth-order valence-corrected chi connectivity index (χ4v) is 0.793. The van der Waals surface area contributed by atoms with Gasteiger partial charge in [-0.25, -0.2) is 0 Å². The van der Waals surface area contributed by atoms with Crippen molar-refractivity contribution >= 4 is 23.9 Å². The number of unbranched alkanes of at least 4 members (excludes halogenated alkanes) is 1. The van der Waals surface area contributed by atoms with Crippen molar-refractivity contribution in [1.29, 1.82) is 0 Å². The van der Waals surface area contributed by atoms with E-state index < -0.39 is 0 Å². The van der Waals surface area contributed by atoms with Gasteiger partial charge in [-0.05, 0) is 19.4 Å². The van der Waals surface area contributed by atoms with E-state index in [0.29, 0.717) is 0 Å². The zero-order valence-corrected chi connectivity index (χ0v) is 6.29. The predicted molar refractivity (Wildman–Crippen MR) is 39.6 cm³/mol. The van der Waals surface area contributed by atoms with Gasteiger partial charge in [-0.1, -0.05) is 15.9 Å². The van der Waals surface area contributed by atoms with E-state index in [4.69, 9.17) is 0 Å². The lowest BCUT2D eigenvalue weighted by atomic mass is 10.3. The summed E-state index contributed by atoms with van der Waals surface area (Å²) in [6, 6.07) is 0. The van der Waals surface area contributed by atoms with E-state index in [1.807, 2.05) is 7.98 Å². The third kappa shape index (κ3) is 6.50. The summed E-state index contributed by atoms with van der Waals surface area (Å²) in [6.45, 7) is 1.14. The van der Waals surface area contributed by atoms with Crippen LogP contribution in [0.5, 0.6) is 0 Å². The van der Waals surface area contributed by atoms with Crippen LogP contribution in [0.25, 0.3) is 0 Å². The predicted octanol–water partition coefficient (Wildman–Crippen LogP) is 0.299. The molecule has 0 saturated heterocycles. The minimum absolute atomic E-state index is 1.13. The third-order valence-corrected chi connectivity index (χ3v) is 1.37. The zero-order chi connectivity index (χ0) is 5.54. The summed E-state index contributed by atoms with van der Waals surface area (Å²) >= 11 is 3.35. The maximum absolute atomic E-state index is 3.35. The van der Waals surface area contributed by atoms with Crippen molar-refractivity contribution in [2.45, 2.75) is 12.8 Å². The lowest BCUT2D eigenvalue weighted by Crippen LogP contribution is -2.09. The van der Waals surface area contributed by atoms with Gasteiger partial charge in [-0.3, -0.25) is 0 Å². The SMILES string of the molecule is BNCCCCBr. The van der Waals surface area contributed by atoms with Crippen LogP contribution < -0.4 is 5.23 Å². The number of nitrogens with one attached hydrogen (secondary N) is 1. The molecule has 0 aromatic carbocycles. The molecule has 0 unspecified atom stereocenters. The van der Waals surface area contributed by atoms with E-state index in [1.54, 1.807) is 0 Å². The molecular weight excluding hydrogens is 153 g/mol. The first-order valence-electron chi connectivity index (χ1n) is 2.62. The van der Waals surface area contributed by atoms with Gasteiger partial charge in [0.25, 0.3) is 0 Å². The first-order chi connectivity index (χ1) is 3.41. The highest BCUT2D eigenvalue weighted by Crippen LogP contribution is 1.90. The summed E-state index contributed by atoms with van der Waals surface area (Å²) in [6.07, 6.45) is 2.56. The van der Waals surface area contributed by atoms with Crippen molar-refractivity contribution in [3.05, 3.63) is 0 Å². The Hall–Kier alpha value is 0.505. The van der Waals surface area contributed by atoms with Crippen molar-refractivity contribution in [3.63, 3.8) is 0 Å². The van der Waals surface area contributed by atoms with E-state index in [0.717, 1.165) is 11.9 Å². The van der Waals surface area contributed by atoms with Crippen LogP contribution in [0.1, 0.15) is 12.8 Å². The van der Waals surface area contributed by atoms with Gasteiger partial charge in [-0.15, -0.1) is 0 Å². The van der Waals surface area contributed by atoms with Gasteiger partial charge in [0.15, 0.2) is 7.98 Å². The molecule has 0 amide bonds. The Morgan fingerprint density at radius 1 is 1.43 bits per heavy atom. The van der Waals surface area contributed by atoms with Gasteiger partial charge in [0.2, 0.25) is 0 Å². The van der Waals surface area contributed by atoms with Crippen molar-refractivity contribution in [1.82, 2.24) is 5.23 Å². The summed E-state index contributed by atoms with van der Waals surface area (Å²) < 4.78 is 0. The molecule has 0 bridgehead atoms. The summed E-state index contributed by atoms with van der Waals surface area (Å²) in [5, 5.41) is 4.22. The summed E-state index contributed by atoms with van der Waals surface area (Å²) in [5.74, 6) is 0. The molecule has 1 N–H and O–H groups in total. The molecule has 3 heteroatoms. The average Bonchev–Trinajstić information content (AvgIpc) is 1.69. The van der Waals surface area contributed by atoms with E-state index in [9.17, 15) is 0 Å². The number of alkyl halides is 1. The van der Waals surface area contributed by atoms with E-state index in [2.05, 4.69) is 21.2 Å². The highest BCUT2D eigenvalue weighted by molar-refractivity contribution is 9.09. The van der Waals surface area contributed by atoms with Crippen molar-refractivity contribution in [2.75, 3.05) is 11.9 Å². The molecule has 1 nitrogen and oxygen atoms in total. The van der Waals surface area contributed by atoms with Crippen LogP contribution in [0, 0.1) is 0 Å². The molecule has 0 aromatic heterocycles. The average molecular weight is 164 g/mol. The molecule has 0 rings (SSSR count). The molecule has 0 aliphatic rings. The minimum Gasteiger partial charge on any atom is -0.362 e. The van der Waals surface area contributed by atoms with E-state index in [1.165, 1.54) is 12.8 Å². The molecular formula is C4H11BBrN. The van der Waals surface area contributed by atoms with Crippen LogP contribution in [0.3, 0.4) is 0 Å². The Labute approximate surface area is 54.4 Å². The van der Waals surface area contributed by atoms with Gasteiger partial charge in [-0.2, -0.15) is 0 Å². The Kier molecular flexibility index (Phi) is 6.97. The maximum Gasteiger partial charge on any atom is 0.181 e. The fraction of sp³-hybridized carbons (Fsp3) is 1.00. The molecule has 0 radical (unpaired) electrons. The van der Waals surface area contributed by atoms with Gasteiger partial charge in [0.1, 0.15) is 0 Å². The van der Waals surface area contributed by atoms with Gasteiger partial charge in [0.05, 0.1) is 0 Å². The van der Waals surface area contributed by atoms with Crippen molar-refractivity contribution in [2.24, 2.45) is 0 Å². The minimum atomic E-state index is 1.13. The second-order valence-electron chi connectivity index (χ2n) is 1.50. The highest BCUT2D eigenvalue weighted by atomic mass is 79.9. The Morgan fingerprint density at radius 2 is 2.14 bits per heavy atom. The number of hydrogen-bond donors (Lipinski definition) is 1. The molecule has 0 saturated carbocycles. The quantitative estimate of drug-likeness (QED) is 0.357. The van der Waals surface area contributed by atoms with Crippen LogP contribution in [-0.4, -0.2) is 19.9 Å². The lowest BCUT2D eigenvalue weighted by Gasteiger charge is -1.92. The van der Waals surface area contributed by atoms with Crippen LogP contribution in [0.4, 0.5) is 0 Å². The largest absolute Gasteiger partial charge is 0.362 e. The van der Waals surface area contributed by atoms with Crippen LogP contribution in [-0.2, 0) is 0 Å². The second kappa shape index (κ2) is 6.50. The van der Waals surface area contributed by atoms with Gasteiger partial charge < -0.3 is 5.23 Å². The molecule has 0 aliphatic heterocycles. The summed E-state index contributed by atoms with van der Waals surface area (Å²) in [5.41, 5.74) is 0. The first-order valence-corrected chi connectivity index (χ1v) is 3.74. The lowest BCUT2D eigenvalue weighted by molar-refractivity contribution is 0.779. The fourth-order valence-electron chi connectivity index (χ4n) is 0.396. The Bertz CT molecular complexity index is 30.9. The highest BCUT2D eigenvalue weighted by Gasteiger charge is 1.79. The summed E-state index contributed by atoms with van der Waals surface area (Å²) in [4.78, 5) is 0. The molecule has 0 aliphatic carbocycles. The number of rotatable bonds is 4. The molecule has 7 heavy (non-hydrogen) atoms. The smallest absolute Gasteiger partial charge is 0.181 e. The zero-order valence-electron chi connectivity index (χ0n) is 4.71. The number of halogens is 1. The van der Waals surface area contributed by atoms with Crippen LogP contribution in [0.15, 0.2) is 0 Å². The first kappa shape index (κ1) is 7.50. The Morgan fingerprint density at radius 3 is 2.57 bits per heavy atom. The molecule has 42 valence electrons. The molecule has 0 heterocycles. The maximum atomic E-state index is 3.35. The molecule has 0 atom stereocenters. The van der Waals surface area contributed by atoms with Gasteiger partial charge >= 0.3 is 0 Å². The van der Waals surface area contributed by atoms with Crippen LogP contribution >= 0.6 is 15.9 Å². The summed E-state index contributed by atoms with van der Waals surface area (Å²) in [7, 11) is 1.98. The topological polar surface area (TPSA) is 12.0 Å². The van der Waals surface area contributed by atoms with Crippen molar-refractivity contribution in [3.8, 4) is 0 Å². The normalized spacial score (nSPS) is 9.29. The molecule has 0 fully saturated rings. The third-order valence-electron chi connectivity index (χ3n) is 0.810. The van der Waals surface area contributed by atoms with E-state index in [-0.39, 0.29) is 0 Å². The standard InChI is InChI=1S/C4H11BBrN/c5-7-4-2-1-3-6/h7H,1-5H2. The second-order valence-corrected chi connectivity index (χ2v) is 2.29. The molecule has 0 spiro atoms. The Balaban J connectivity index is 2.45. The molecule has 0 aromatic rings. The monoisotopic (exact) mass is 163 g/mol. The van der Waals surface area contributed by atoms with Crippen LogP contribution in [0.2, 0.25) is 0 Å². The van der Waals surface area contributed by atoms with Gasteiger partial charge in [0, 0.05) is 5.33 Å². The van der Waals surface area contributed by atoms with E-state index >= 15 is 0 Å².